The van der Waals surface area contributed by atoms with Crippen LogP contribution in [0.25, 0.3) is 0 Å². The van der Waals surface area contributed by atoms with Crippen LogP contribution in [0.15, 0.2) is 0 Å². The number of hydrogen-bond donors (Lipinski definition) is 1. The van der Waals surface area contributed by atoms with Gasteiger partial charge in [0.25, 0.3) is 5.91 Å². The summed E-state index contributed by atoms with van der Waals surface area (Å²) in [5, 5.41) is 9.21. The Bertz CT molecular complexity index is 339. The lowest BCUT2D eigenvalue weighted by molar-refractivity contribution is -0.164. The van der Waals surface area contributed by atoms with Crippen molar-refractivity contribution in [2.24, 2.45) is 5.41 Å². The van der Waals surface area contributed by atoms with Crippen molar-refractivity contribution in [3.05, 3.63) is 0 Å². The minimum absolute atomic E-state index is 0.151. The summed E-state index contributed by atoms with van der Waals surface area (Å²) in [6.45, 7) is 3.73. The molecule has 102 valence electrons. The summed E-state index contributed by atoms with van der Waals surface area (Å²) in [6.07, 6.45) is 0.742. The molecule has 2 aliphatic heterocycles. The summed E-state index contributed by atoms with van der Waals surface area (Å²) in [7, 11) is 0. The monoisotopic (exact) mass is 257 g/mol. The fraction of sp³-hybridized carbons (Fsp3) is 0.833. The molecule has 2 atom stereocenters. The van der Waals surface area contributed by atoms with E-state index in [9.17, 15) is 14.7 Å². The lowest BCUT2D eigenvalue weighted by atomic mass is 9.82. The SMILES string of the molecule is CC1(C(=O)O)CCCN(C(=O)C2COCCO2)C1. The quantitative estimate of drug-likeness (QED) is 0.760. The van der Waals surface area contributed by atoms with Crippen LogP contribution >= 0.6 is 0 Å². The Hall–Kier alpha value is -1.14. The fourth-order valence-corrected chi connectivity index (χ4v) is 2.44. The van der Waals surface area contributed by atoms with Gasteiger partial charge in [-0.2, -0.15) is 0 Å². The summed E-state index contributed by atoms with van der Waals surface area (Å²) in [4.78, 5) is 25.0. The molecule has 6 heteroatoms. The Morgan fingerprint density at radius 2 is 2.17 bits per heavy atom. The molecule has 18 heavy (non-hydrogen) atoms. The summed E-state index contributed by atoms with van der Waals surface area (Å²) in [5.74, 6) is -0.998. The van der Waals surface area contributed by atoms with E-state index >= 15 is 0 Å². The number of piperidine rings is 1. The van der Waals surface area contributed by atoms with Crippen LogP contribution < -0.4 is 0 Å². The molecule has 1 amide bonds. The average molecular weight is 257 g/mol. The number of amides is 1. The van der Waals surface area contributed by atoms with E-state index in [-0.39, 0.29) is 19.1 Å². The van der Waals surface area contributed by atoms with Crippen LogP contribution in [-0.2, 0) is 19.1 Å². The van der Waals surface area contributed by atoms with E-state index in [2.05, 4.69) is 0 Å². The third kappa shape index (κ3) is 2.64. The molecule has 2 saturated heterocycles. The first-order valence-electron chi connectivity index (χ1n) is 6.24. The van der Waals surface area contributed by atoms with E-state index < -0.39 is 17.5 Å². The number of carbonyl (C=O) groups is 2. The van der Waals surface area contributed by atoms with Crippen molar-refractivity contribution in [2.75, 3.05) is 32.9 Å². The van der Waals surface area contributed by atoms with Crippen molar-refractivity contribution in [2.45, 2.75) is 25.9 Å². The molecule has 1 N–H and O–H groups in total. The molecular weight excluding hydrogens is 238 g/mol. The van der Waals surface area contributed by atoms with Crippen LogP contribution in [-0.4, -0.2) is 60.9 Å². The topological polar surface area (TPSA) is 76.1 Å². The zero-order valence-corrected chi connectivity index (χ0v) is 10.6. The normalized spacial score (nSPS) is 33.2. The van der Waals surface area contributed by atoms with Gasteiger partial charge in [0.2, 0.25) is 0 Å². The van der Waals surface area contributed by atoms with Crippen molar-refractivity contribution in [1.29, 1.82) is 0 Å². The van der Waals surface area contributed by atoms with Crippen molar-refractivity contribution < 1.29 is 24.2 Å². The molecular formula is C12H19NO5. The maximum absolute atomic E-state index is 12.2. The predicted molar refractivity (Wildman–Crippen MR) is 62.1 cm³/mol. The van der Waals surface area contributed by atoms with Gasteiger partial charge in [0.15, 0.2) is 6.10 Å². The van der Waals surface area contributed by atoms with Gasteiger partial charge >= 0.3 is 5.97 Å². The molecule has 2 rings (SSSR count). The minimum Gasteiger partial charge on any atom is -0.481 e. The second-order valence-electron chi connectivity index (χ2n) is 5.16. The summed E-state index contributed by atoms with van der Waals surface area (Å²) in [6, 6.07) is 0. The Kier molecular flexibility index (Phi) is 3.87. The smallest absolute Gasteiger partial charge is 0.311 e. The second-order valence-corrected chi connectivity index (χ2v) is 5.16. The summed E-state index contributed by atoms with van der Waals surface area (Å²) >= 11 is 0. The Balaban J connectivity index is 1.99. The molecule has 2 heterocycles. The number of carbonyl (C=O) groups excluding carboxylic acids is 1. The average Bonchev–Trinajstić information content (AvgIpc) is 2.39. The molecule has 2 aliphatic rings. The first-order valence-corrected chi connectivity index (χ1v) is 6.24. The zero-order chi connectivity index (χ0) is 13.2. The molecule has 0 aromatic rings. The minimum atomic E-state index is -0.846. The van der Waals surface area contributed by atoms with Gasteiger partial charge in [-0.3, -0.25) is 9.59 Å². The van der Waals surface area contributed by atoms with Gasteiger partial charge in [0.05, 0.1) is 25.2 Å². The van der Waals surface area contributed by atoms with Gasteiger partial charge in [-0.25, -0.2) is 0 Å². The van der Waals surface area contributed by atoms with Crippen molar-refractivity contribution in [1.82, 2.24) is 4.90 Å². The van der Waals surface area contributed by atoms with Crippen LogP contribution in [0.3, 0.4) is 0 Å². The zero-order valence-electron chi connectivity index (χ0n) is 10.6. The molecule has 0 saturated carbocycles. The van der Waals surface area contributed by atoms with Crippen LogP contribution in [0.4, 0.5) is 0 Å². The molecule has 2 unspecified atom stereocenters. The fourth-order valence-electron chi connectivity index (χ4n) is 2.44. The third-order valence-corrected chi connectivity index (χ3v) is 3.62. The van der Waals surface area contributed by atoms with Gasteiger partial charge in [-0.05, 0) is 19.8 Å². The Morgan fingerprint density at radius 1 is 1.39 bits per heavy atom. The second kappa shape index (κ2) is 5.24. The molecule has 0 aromatic heterocycles. The van der Waals surface area contributed by atoms with Gasteiger partial charge in [0.1, 0.15) is 0 Å². The molecule has 0 bridgehead atoms. The summed E-state index contributed by atoms with van der Waals surface area (Å²) < 4.78 is 10.6. The van der Waals surface area contributed by atoms with Gasteiger partial charge in [-0.1, -0.05) is 0 Å². The number of carboxylic acids is 1. The van der Waals surface area contributed by atoms with Gasteiger partial charge in [-0.15, -0.1) is 0 Å². The summed E-state index contributed by atoms with van der Waals surface area (Å²) in [5.41, 5.74) is -0.844. The largest absolute Gasteiger partial charge is 0.481 e. The van der Waals surface area contributed by atoms with E-state index in [1.54, 1.807) is 11.8 Å². The number of ether oxygens (including phenoxy) is 2. The number of rotatable bonds is 2. The van der Waals surface area contributed by atoms with E-state index in [0.29, 0.717) is 32.6 Å². The lowest BCUT2D eigenvalue weighted by Crippen LogP contribution is -2.53. The lowest BCUT2D eigenvalue weighted by Gasteiger charge is -2.39. The molecule has 2 fully saturated rings. The van der Waals surface area contributed by atoms with Crippen LogP contribution in [0.1, 0.15) is 19.8 Å². The molecule has 0 aromatic carbocycles. The first-order chi connectivity index (χ1) is 8.53. The number of nitrogens with zero attached hydrogens (tertiary/aromatic N) is 1. The van der Waals surface area contributed by atoms with E-state index in [0.717, 1.165) is 0 Å². The van der Waals surface area contributed by atoms with Gasteiger partial charge in [0, 0.05) is 13.1 Å². The van der Waals surface area contributed by atoms with Crippen LogP contribution in [0.5, 0.6) is 0 Å². The van der Waals surface area contributed by atoms with E-state index in [1.807, 2.05) is 0 Å². The third-order valence-electron chi connectivity index (χ3n) is 3.62. The Morgan fingerprint density at radius 3 is 2.78 bits per heavy atom. The first kappa shape index (κ1) is 13.3. The predicted octanol–water partition coefficient (Wildman–Crippen LogP) is 0.115. The maximum Gasteiger partial charge on any atom is 0.311 e. The van der Waals surface area contributed by atoms with Crippen molar-refractivity contribution >= 4 is 11.9 Å². The molecule has 6 nitrogen and oxygen atoms in total. The number of likely N-dealkylation sites (tertiary alicyclic amines) is 1. The number of carboxylic acid groups (broad SMARTS) is 1. The van der Waals surface area contributed by atoms with Crippen molar-refractivity contribution in [3.8, 4) is 0 Å². The standard InChI is InChI=1S/C12H19NO5/c1-12(11(15)16)3-2-4-13(8-12)10(14)9-7-17-5-6-18-9/h9H,2-8H2,1H3,(H,15,16). The Labute approximate surface area is 106 Å². The highest BCUT2D eigenvalue weighted by Crippen LogP contribution is 2.30. The van der Waals surface area contributed by atoms with Crippen LogP contribution in [0.2, 0.25) is 0 Å². The molecule has 0 spiro atoms. The number of aliphatic carboxylic acids is 1. The van der Waals surface area contributed by atoms with Gasteiger partial charge < -0.3 is 19.5 Å². The highest BCUT2D eigenvalue weighted by molar-refractivity contribution is 5.83. The van der Waals surface area contributed by atoms with Crippen molar-refractivity contribution in [3.63, 3.8) is 0 Å². The molecule has 0 aliphatic carbocycles. The maximum atomic E-state index is 12.2. The highest BCUT2D eigenvalue weighted by atomic mass is 16.6. The van der Waals surface area contributed by atoms with E-state index in [4.69, 9.17) is 9.47 Å². The number of hydrogen-bond acceptors (Lipinski definition) is 4. The highest BCUT2D eigenvalue weighted by Gasteiger charge is 2.41. The van der Waals surface area contributed by atoms with Crippen LogP contribution in [0, 0.1) is 5.41 Å². The molecule has 0 radical (unpaired) electrons. The van der Waals surface area contributed by atoms with E-state index in [1.165, 1.54) is 0 Å².